The molecule has 1 N–H and O–H groups in total. The molecule has 1 aromatic heterocycles. The van der Waals surface area contributed by atoms with Crippen LogP contribution in [0.3, 0.4) is 0 Å². The molecule has 1 aromatic carbocycles. The number of aryl methyl sites for hydroxylation is 2. The van der Waals surface area contributed by atoms with Gasteiger partial charge in [-0.15, -0.1) is 0 Å². The van der Waals surface area contributed by atoms with Crippen molar-refractivity contribution in [3.05, 3.63) is 52.8 Å². The molecule has 2 aliphatic rings. The van der Waals surface area contributed by atoms with Crippen LogP contribution in [0.25, 0.3) is 0 Å². The molecule has 0 bridgehead atoms. The summed E-state index contributed by atoms with van der Waals surface area (Å²) in [7, 11) is 0. The van der Waals surface area contributed by atoms with Gasteiger partial charge in [0.05, 0.1) is 12.2 Å². The topological polar surface area (TPSA) is 67.2 Å². The Kier molecular flexibility index (Phi) is 6.73. The Hall–Kier alpha value is -2.63. The molecule has 31 heavy (non-hydrogen) atoms. The molecule has 0 atom stereocenters. The van der Waals surface area contributed by atoms with Crippen LogP contribution in [0.5, 0.6) is 0 Å². The molecule has 6 nitrogen and oxygen atoms in total. The van der Waals surface area contributed by atoms with Gasteiger partial charge in [-0.1, -0.05) is 31.4 Å². The number of hydrogen-bond donors (Lipinski definition) is 1. The van der Waals surface area contributed by atoms with E-state index in [0.29, 0.717) is 19.6 Å². The van der Waals surface area contributed by atoms with Crippen LogP contribution in [0.1, 0.15) is 72.3 Å². The van der Waals surface area contributed by atoms with E-state index in [2.05, 4.69) is 16.5 Å². The van der Waals surface area contributed by atoms with Crippen molar-refractivity contribution < 1.29 is 9.59 Å². The molecule has 2 fully saturated rings. The summed E-state index contributed by atoms with van der Waals surface area (Å²) in [5.74, 6) is 0.493. The number of hydrogen-bond acceptors (Lipinski definition) is 3. The zero-order valence-corrected chi connectivity index (χ0v) is 18.8. The maximum atomic E-state index is 13.1. The van der Waals surface area contributed by atoms with Gasteiger partial charge in [0.25, 0.3) is 5.91 Å². The first-order chi connectivity index (χ1) is 15.0. The minimum absolute atomic E-state index is 0.0762. The zero-order chi connectivity index (χ0) is 21.8. The Bertz CT molecular complexity index is 921. The number of nitrogens with one attached hydrogen (secondary N) is 1. The highest BCUT2D eigenvalue weighted by atomic mass is 16.2. The van der Waals surface area contributed by atoms with E-state index in [1.54, 1.807) is 0 Å². The Morgan fingerprint density at radius 3 is 2.45 bits per heavy atom. The second kappa shape index (κ2) is 9.67. The lowest BCUT2D eigenvalue weighted by molar-refractivity contribution is -0.126. The number of benzene rings is 1. The molecule has 1 saturated carbocycles. The molecular formula is C25H34N4O2. The van der Waals surface area contributed by atoms with Crippen molar-refractivity contribution in [3.8, 4) is 0 Å². The third-order valence-corrected chi connectivity index (χ3v) is 6.71. The van der Waals surface area contributed by atoms with E-state index >= 15 is 0 Å². The second-order valence-electron chi connectivity index (χ2n) is 9.20. The summed E-state index contributed by atoms with van der Waals surface area (Å²) in [5, 5.41) is 7.77. The fourth-order valence-electron chi connectivity index (χ4n) is 4.90. The van der Waals surface area contributed by atoms with Crippen LogP contribution in [-0.4, -0.2) is 45.6 Å². The third-order valence-electron chi connectivity index (χ3n) is 6.71. The van der Waals surface area contributed by atoms with Crippen molar-refractivity contribution in [1.29, 1.82) is 0 Å². The largest absolute Gasteiger partial charge is 0.353 e. The Morgan fingerprint density at radius 1 is 1.03 bits per heavy atom. The maximum Gasteiger partial charge on any atom is 0.253 e. The Labute approximate surface area is 185 Å². The average molecular weight is 423 g/mol. The number of amides is 2. The molecular weight excluding hydrogens is 388 g/mol. The number of rotatable bonds is 5. The number of nitrogens with zero attached hydrogens (tertiary/aromatic N) is 3. The first-order valence-electron chi connectivity index (χ1n) is 11.7. The zero-order valence-electron chi connectivity index (χ0n) is 18.8. The molecule has 2 aromatic rings. The smallest absolute Gasteiger partial charge is 0.253 e. The molecule has 1 aliphatic carbocycles. The monoisotopic (exact) mass is 422 g/mol. The fourth-order valence-corrected chi connectivity index (χ4v) is 4.90. The lowest BCUT2D eigenvalue weighted by Crippen LogP contribution is -2.48. The summed E-state index contributed by atoms with van der Waals surface area (Å²) in [5.41, 5.74) is 3.92. The Morgan fingerprint density at radius 2 is 1.77 bits per heavy atom. The average Bonchev–Trinajstić information content (AvgIpc) is 3.11. The normalized spacial score (nSPS) is 18.2. The molecule has 0 radical (unpaired) electrons. The van der Waals surface area contributed by atoms with Crippen LogP contribution in [0.2, 0.25) is 0 Å². The van der Waals surface area contributed by atoms with E-state index in [4.69, 9.17) is 0 Å². The number of carbonyl (C=O) groups is 2. The van der Waals surface area contributed by atoms with E-state index in [1.807, 2.05) is 47.7 Å². The maximum absolute atomic E-state index is 13.1. The summed E-state index contributed by atoms with van der Waals surface area (Å²) in [6, 6.07) is 10.1. The summed E-state index contributed by atoms with van der Waals surface area (Å²) in [6.07, 6.45) is 7.31. The van der Waals surface area contributed by atoms with Gasteiger partial charge in [0.1, 0.15) is 0 Å². The van der Waals surface area contributed by atoms with Gasteiger partial charge < -0.3 is 10.2 Å². The highest BCUT2D eigenvalue weighted by molar-refractivity contribution is 5.94. The van der Waals surface area contributed by atoms with Crippen LogP contribution in [0.15, 0.2) is 30.3 Å². The molecule has 0 unspecified atom stereocenters. The summed E-state index contributed by atoms with van der Waals surface area (Å²) >= 11 is 0. The van der Waals surface area contributed by atoms with Gasteiger partial charge >= 0.3 is 0 Å². The number of carbonyl (C=O) groups excluding carboxylic acids is 2. The van der Waals surface area contributed by atoms with E-state index in [-0.39, 0.29) is 23.8 Å². The minimum Gasteiger partial charge on any atom is -0.353 e. The molecule has 0 spiro atoms. The van der Waals surface area contributed by atoms with Gasteiger partial charge in [0.15, 0.2) is 0 Å². The van der Waals surface area contributed by atoms with Crippen LogP contribution in [-0.2, 0) is 11.3 Å². The van der Waals surface area contributed by atoms with Crippen LogP contribution >= 0.6 is 0 Å². The number of piperidine rings is 1. The van der Waals surface area contributed by atoms with Crippen molar-refractivity contribution in [3.63, 3.8) is 0 Å². The Balaban J connectivity index is 1.31. The van der Waals surface area contributed by atoms with Crippen molar-refractivity contribution >= 4 is 11.8 Å². The van der Waals surface area contributed by atoms with Gasteiger partial charge in [-0.3, -0.25) is 14.3 Å². The lowest BCUT2D eigenvalue weighted by atomic mass is 9.88. The summed E-state index contributed by atoms with van der Waals surface area (Å²) < 4.78 is 1.97. The summed E-state index contributed by atoms with van der Waals surface area (Å²) in [6.45, 7) is 6.08. The molecule has 6 heteroatoms. The molecule has 4 rings (SSSR count). The number of aromatic nitrogens is 2. The van der Waals surface area contributed by atoms with Crippen molar-refractivity contribution in [2.24, 2.45) is 5.92 Å². The number of likely N-dealkylation sites (tertiary alicyclic amines) is 1. The first kappa shape index (κ1) is 21.6. The van der Waals surface area contributed by atoms with E-state index in [0.717, 1.165) is 48.2 Å². The van der Waals surface area contributed by atoms with Crippen molar-refractivity contribution in [2.45, 2.75) is 71.4 Å². The second-order valence-corrected chi connectivity index (χ2v) is 9.20. The van der Waals surface area contributed by atoms with Crippen molar-refractivity contribution in [1.82, 2.24) is 20.0 Å². The van der Waals surface area contributed by atoms with Crippen LogP contribution in [0, 0.1) is 19.8 Å². The highest BCUT2D eigenvalue weighted by Gasteiger charge is 2.27. The van der Waals surface area contributed by atoms with Gasteiger partial charge in [0.2, 0.25) is 5.91 Å². The quantitative estimate of drug-likeness (QED) is 0.796. The van der Waals surface area contributed by atoms with Gasteiger partial charge in [0, 0.05) is 36.3 Å². The van der Waals surface area contributed by atoms with Crippen LogP contribution in [0.4, 0.5) is 0 Å². The van der Waals surface area contributed by atoms with E-state index < -0.39 is 0 Å². The molecule has 1 saturated heterocycles. The van der Waals surface area contributed by atoms with Gasteiger partial charge in [-0.2, -0.15) is 5.10 Å². The van der Waals surface area contributed by atoms with E-state index in [9.17, 15) is 9.59 Å². The molecule has 1 aliphatic heterocycles. The minimum atomic E-state index is 0.0762. The third kappa shape index (κ3) is 5.35. The van der Waals surface area contributed by atoms with Crippen molar-refractivity contribution in [2.75, 3.05) is 13.1 Å². The van der Waals surface area contributed by atoms with Crippen LogP contribution < -0.4 is 5.32 Å². The standard InChI is InChI=1S/C25H34N4O2/c1-18-15-19(2)29(27-18)17-20-7-6-10-22(16-20)25(31)28-13-11-23(12-14-28)26-24(30)21-8-4-3-5-9-21/h6-7,10,15-16,21,23H,3-5,8-9,11-14,17H2,1-2H3,(H,26,30). The SMILES string of the molecule is Cc1cc(C)n(Cc2cccc(C(=O)N3CCC(NC(=O)C4CCCCC4)CC3)c2)n1. The first-order valence-corrected chi connectivity index (χ1v) is 11.7. The van der Waals surface area contributed by atoms with E-state index in [1.165, 1.54) is 19.3 Å². The molecule has 166 valence electrons. The highest BCUT2D eigenvalue weighted by Crippen LogP contribution is 2.24. The fraction of sp³-hybridized carbons (Fsp3) is 0.560. The van der Waals surface area contributed by atoms with Gasteiger partial charge in [-0.05, 0) is 63.3 Å². The predicted octanol–water partition coefficient (Wildman–Crippen LogP) is 3.85. The predicted molar refractivity (Wildman–Crippen MR) is 121 cm³/mol. The lowest BCUT2D eigenvalue weighted by Gasteiger charge is -2.33. The molecule has 2 amide bonds. The van der Waals surface area contributed by atoms with Gasteiger partial charge in [-0.25, -0.2) is 0 Å². The summed E-state index contributed by atoms with van der Waals surface area (Å²) in [4.78, 5) is 27.5. The molecule has 2 heterocycles.